The molecule has 0 aliphatic carbocycles. The van der Waals surface area contributed by atoms with E-state index in [1.807, 2.05) is 66.7 Å². The van der Waals surface area contributed by atoms with E-state index >= 15 is 0 Å². The van der Waals surface area contributed by atoms with E-state index in [0.717, 1.165) is 45.3 Å². The SMILES string of the molecule is COc1cccc([C@H]2Oc3ccccc3[C@H]3CC(c4ccc(Cl)cc4)=NN32)c1. The van der Waals surface area contributed by atoms with Gasteiger partial charge in [-0.15, -0.1) is 0 Å². The van der Waals surface area contributed by atoms with Crippen molar-refractivity contribution in [3.05, 3.63) is 94.5 Å². The molecule has 3 aromatic rings. The van der Waals surface area contributed by atoms with Crippen molar-refractivity contribution in [2.75, 3.05) is 7.11 Å². The van der Waals surface area contributed by atoms with Crippen molar-refractivity contribution in [1.29, 1.82) is 0 Å². The fraction of sp³-hybridized carbons (Fsp3) is 0.174. The lowest BCUT2D eigenvalue weighted by Gasteiger charge is -2.38. The summed E-state index contributed by atoms with van der Waals surface area (Å²) in [5.41, 5.74) is 4.30. The van der Waals surface area contributed by atoms with Crippen LogP contribution >= 0.6 is 11.6 Å². The van der Waals surface area contributed by atoms with E-state index in [0.29, 0.717) is 0 Å². The van der Waals surface area contributed by atoms with E-state index in [9.17, 15) is 0 Å². The monoisotopic (exact) mass is 390 g/mol. The second kappa shape index (κ2) is 6.88. The molecule has 0 saturated carbocycles. The van der Waals surface area contributed by atoms with Crippen LogP contribution in [0.25, 0.3) is 0 Å². The molecule has 5 rings (SSSR count). The first-order chi connectivity index (χ1) is 13.7. The Kier molecular flexibility index (Phi) is 4.21. The number of ether oxygens (including phenoxy) is 2. The van der Waals surface area contributed by atoms with Crippen LogP contribution in [0.3, 0.4) is 0 Å². The van der Waals surface area contributed by atoms with Gasteiger partial charge in [0.25, 0.3) is 0 Å². The van der Waals surface area contributed by atoms with Crippen LogP contribution in [-0.2, 0) is 0 Å². The van der Waals surface area contributed by atoms with Gasteiger partial charge in [-0.05, 0) is 35.9 Å². The van der Waals surface area contributed by atoms with Gasteiger partial charge in [0.15, 0.2) is 0 Å². The maximum absolute atomic E-state index is 6.38. The number of rotatable bonds is 3. The number of nitrogens with zero attached hydrogens (tertiary/aromatic N) is 2. The quantitative estimate of drug-likeness (QED) is 0.584. The molecule has 28 heavy (non-hydrogen) atoms. The summed E-state index contributed by atoms with van der Waals surface area (Å²) in [5.74, 6) is 1.71. The fourth-order valence-corrected chi connectivity index (χ4v) is 3.99. The predicted octanol–water partition coefficient (Wildman–Crippen LogP) is 5.59. The smallest absolute Gasteiger partial charge is 0.214 e. The van der Waals surface area contributed by atoms with Crippen molar-refractivity contribution in [2.45, 2.75) is 18.7 Å². The molecular weight excluding hydrogens is 372 g/mol. The lowest BCUT2D eigenvalue weighted by molar-refractivity contribution is -0.0191. The Morgan fingerprint density at radius 3 is 2.68 bits per heavy atom. The van der Waals surface area contributed by atoms with Crippen molar-refractivity contribution in [2.24, 2.45) is 5.10 Å². The summed E-state index contributed by atoms with van der Waals surface area (Å²) < 4.78 is 11.8. The summed E-state index contributed by atoms with van der Waals surface area (Å²) in [7, 11) is 1.67. The average molecular weight is 391 g/mol. The molecule has 5 heteroatoms. The molecule has 0 aromatic heterocycles. The number of fused-ring (bicyclic) bond motifs is 3. The predicted molar refractivity (Wildman–Crippen MR) is 110 cm³/mol. The third kappa shape index (κ3) is 2.90. The molecule has 0 fully saturated rings. The molecule has 4 nitrogen and oxygen atoms in total. The Morgan fingerprint density at radius 1 is 1.04 bits per heavy atom. The van der Waals surface area contributed by atoms with Crippen molar-refractivity contribution < 1.29 is 9.47 Å². The normalized spacial score (nSPS) is 20.1. The molecule has 0 N–H and O–H groups in total. The molecule has 2 heterocycles. The van der Waals surface area contributed by atoms with Crippen LogP contribution in [0.4, 0.5) is 0 Å². The molecule has 0 saturated heterocycles. The van der Waals surface area contributed by atoms with Crippen LogP contribution in [0.5, 0.6) is 11.5 Å². The first-order valence-corrected chi connectivity index (χ1v) is 9.62. The third-order valence-corrected chi connectivity index (χ3v) is 5.51. The zero-order valence-electron chi connectivity index (χ0n) is 15.4. The first-order valence-electron chi connectivity index (χ1n) is 9.24. The van der Waals surface area contributed by atoms with E-state index in [-0.39, 0.29) is 12.3 Å². The molecular formula is C23H19ClN2O2. The van der Waals surface area contributed by atoms with Gasteiger partial charge in [-0.25, -0.2) is 5.01 Å². The number of para-hydroxylation sites is 1. The minimum Gasteiger partial charge on any atom is -0.497 e. The Balaban J connectivity index is 1.59. The maximum atomic E-state index is 6.38. The number of benzene rings is 3. The summed E-state index contributed by atoms with van der Waals surface area (Å²) in [5, 5.41) is 7.76. The van der Waals surface area contributed by atoms with Crippen LogP contribution in [0.2, 0.25) is 5.02 Å². The van der Waals surface area contributed by atoms with E-state index < -0.39 is 0 Å². The fourth-order valence-electron chi connectivity index (χ4n) is 3.87. The van der Waals surface area contributed by atoms with Crippen LogP contribution in [0.15, 0.2) is 77.9 Å². The van der Waals surface area contributed by atoms with Gasteiger partial charge in [-0.1, -0.05) is 54.1 Å². The van der Waals surface area contributed by atoms with Gasteiger partial charge < -0.3 is 9.47 Å². The van der Waals surface area contributed by atoms with Crippen molar-refractivity contribution >= 4 is 17.3 Å². The molecule has 2 aliphatic heterocycles. The van der Waals surface area contributed by atoms with E-state index in [2.05, 4.69) is 11.1 Å². The topological polar surface area (TPSA) is 34.1 Å². The summed E-state index contributed by atoms with van der Waals surface area (Å²) in [6.45, 7) is 0. The lowest BCUT2D eigenvalue weighted by atomic mass is 9.96. The molecule has 0 amide bonds. The highest BCUT2D eigenvalue weighted by Crippen LogP contribution is 2.47. The van der Waals surface area contributed by atoms with Crippen LogP contribution < -0.4 is 9.47 Å². The molecule has 140 valence electrons. The second-order valence-corrected chi connectivity index (χ2v) is 7.37. The van der Waals surface area contributed by atoms with E-state index in [1.165, 1.54) is 0 Å². The summed E-state index contributed by atoms with van der Waals surface area (Å²) in [6.07, 6.45) is 0.516. The summed E-state index contributed by atoms with van der Waals surface area (Å²) >= 11 is 6.06. The molecule has 2 aliphatic rings. The average Bonchev–Trinajstić information content (AvgIpc) is 3.19. The standard InChI is InChI=1S/C23H19ClN2O2/c1-27-18-6-4-5-16(13-18)23-26-21(19-7-2-3-8-22(19)28-23)14-20(25-26)15-9-11-17(24)12-10-15/h2-13,21,23H,14H2,1H3/t21-,23-/m1/s1. The van der Waals surface area contributed by atoms with Crippen molar-refractivity contribution in [1.82, 2.24) is 5.01 Å². The first kappa shape index (κ1) is 17.1. The Morgan fingerprint density at radius 2 is 1.86 bits per heavy atom. The Labute approximate surface area is 169 Å². The minimum absolute atomic E-state index is 0.131. The van der Waals surface area contributed by atoms with Gasteiger partial charge in [-0.2, -0.15) is 5.10 Å². The van der Waals surface area contributed by atoms with Gasteiger partial charge in [0.1, 0.15) is 11.5 Å². The van der Waals surface area contributed by atoms with Crippen molar-refractivity contribution in [3.8, 4) is 11.5 Å². The van der Waals surface area contributed by atoms with Crippen LogP contribution in [0, 0.1) is 0 Å². The molecule has 0 unspecified atom stereocenters. The Bertz CT molecular complexity index is 1050. The highest BCUT2D eigenvalue weighted by Gasteiger charge is 2.40. The lowest BCUT2D eigenvalue weighted by Crippen LogP contribution is -2.33. The van der Waals surface area contributed by atoms with Gasteiger partial charge >= 0.3 is 0 Å². The number of hydrogen-bond donors (Lipinski definition) is 0. The van der Waals surface area contributed by atoms with Gasteiger partial charge in [-0.3, -0.25) is 0 Å². The molecule has 0 bridgehead atoms. The maximum Gasteiger partial charge on any atom is 0.214 e. The van der Waals surface area contributed by atoms with E-state index in [4.69, 9.17) is 26.2 Å². The molecule has 0 spiro atoms. The van der Waals surface area contributed by atoms with E-state index in [1.54, 1.807) is 7.11 Å². The third-order valence-electron chi connectivity index (χ3n) is 5.26. The van der Waals surface area contributed by atoms with Gasteiger partial charge in [0.2, 0.25) is 6.23 Å². The van der Waals surface area contributed by atoms with Crippen LogP contribution in [-0.4, -0.2) is 17.8 Å². The zero-order chi connectivity index (χ0) is 19.1. The molecule has 2 atom stereocenters. The van der Waals surface area contributed by atoms with Gasteiger partial charge in [0.05, 0.1) is 18.9 Å². The van der Waals surface area contributed by atoms with Crippen molar-refractivity contribution in [3.63, 3.8) is 0 Å². The highest BCUT2D eigenvalue weighted by molar-refractivity contribution is 6.30. The van der Waals surface area contributed by atoms with Gasteiger partial charge in [0, 0.05) is 22.6 Å². The zero-order valence-corrected chi connectivity index (χ0v) is 16.1. The van der Waals surface area contributed by atoms with Crippen LogP contribution in [0.1, 0.15) is 35.4 Å². The Hall–Kier alpha value is -2.98. The minimum atomic E-state index is -0.306. The molecule has 3 aromatic carbocycles. The largest absolute Gasteiger partial charge is 0.497 e. The number of hydrazone groups is 1. The summed E-state index contributed by atoms with van der Waals surface area (Å²) in [6, 6.07) is 24.2. The number of hydrogen-bond acceptors (Lipinski definition) is 4. The second-order valence-electron chi connectivity index (χ2n) is 6.94. The number of methoxy groups -OCH3 is 1. The summed E-state index contributed by atoms with van der Waals surface area (Å²) in [4.78, 5) is 0. The highest BCUT2D eigenvalue weighted by atomic mass is 35.5. The molecule has 0 radical (unpaired) electrons. The number of halogens is 1.